The van der Waals surface area contributed by atoms with E-state index in [2.05, 4.69) is 43.2 Å². The number of aromatic nitrogens is 2. The summed E-state index contributed by atoms with van der Waals surface area (Å²) in [6.07, 6.45) is 0. The van der Waals surface area contributed by atoms with E-state index in [0.717, 1.165) is 44.9 Å². The van der Waals surface area contributed by atoms with Crippen LogP contribution in [0.15, 0.2) is 93.3 Å². The van der Waals surface area contributed by atoms with Crippen LogP contribution in [-0.2, 0) is 20.0 Å². The molecule has 8 rings (SSSR count). The van der Waals surface area contributed by atoms with Gasteiger partial charge in [0.2, 0.25) is 25.8 Å². The number of benzene rings is 4. The topological polar surface area (TPSA) is 135 Å². The van der Waals surface area contributed by atoms with E-state index in [1.165, 1.54) is 73.0 Å². The molecular formula is C44H48F2N6O7S4. The molecule has 0 amide bonds. The molecule has 4 aromatic carbocycles. The first-order valence-corrected chi connectivity index (χ1v) is 24.6. The second kappa shape index (κ2) is 19.3. The summed E-state index contributed by atoms with van der Waals surface area (Å²) in [5, 5.41) is 5.69. The molecule has 13 nitrogen and oxygen atoms in total. The molecular weight excluding hydrogens is 891 g/mol. The van der Waals surface area contributed by atoms with Gasteiger partial charge in [-0.15, -0.1) is 22.7 Å². The van der Waals surface area contributed by atoms with E-state index >= 15 is 0 Å². The van der Waals surface area contributed by atoms with Crippen molar-refractivity contribution in [2.45, 2.75) is 30.6 Å². The van der Waals surface area contributed by atoms with Gasteiger partial charge >= 0.3 is 0 Å². The number of hydrogen-bond acceptors (Lipinski definition) is 13. The summed E-state index contributed by atoms with van der Waals surface area (Å²) < 4.78 is 97.3. The van der Waals surface area contributed by atoms with E-state index in [1.807, 2.05) is 22.4 Å². The van der Waals surface area contributed by atoms with Crippen molar-refractivity contribution in [3.63, 3.8) is 0 Å². The lowest BCUT2D eigenvalue weighted by molar-refractivity contribution is 0.324. The van der Waals surface area contributed by atoms with E-state index in [0.29, 0.717) is 56.5 Å². The molecule has 0 N–H and O–H groups in total. The van der Waals surface area contributed by atoms with Crippen LogP contribution in [-0.4, -0.2) is 109 Å². The lowest BCUT2D eigenvalue weighted by atomic mass is 9.98. The number of piperazine rings is 2. The maximum Gasteiger partial charge on any atom is 0.243 e. The van der Waals surface area contributed by atoms with E-state index < -0.39 is 31.7 Å². The fourth-order valence-corrected chi connectivity index (χ4v) is 12.3. The molecule has 2 fully saturated rings. The standard InChI is InChI=1S/C22H24FN3O5S2.C22H24FN3O2S2/c1-29-19-11-15(12-20(30-2)21(19)31-3)18-14-32-22(24-18)25-7-9-26(10-8-25)33(27,28)17-6-4-5-16(23)13-17;1-15-11-16(2)21(17(3)12-15)20-14-29-22(24-20)25-7-9-26(10-8-25)30(27,28)19-6-4-5-18(23)13-19/h4-6,11-14H,7-10H2,1-3H3;4-6,11-14H,7-10H2,1-3H3. The van der Waals surface area contributed by atoms with Crippen molar-refractivity contribution in [3.05, 3.63) is 112 Å². The smallest absolute Gasteiger partial charge is 0.243 e. The molecule has 2 saturated heterocycles. The summed E-state index contributed by atoms with van der Waals surface area (Å²) in [4.78, 5) is 13.7. The number of ether oxygens (including phenoxy) is 3. The number of sulfonamides is 2. The molecule has 0 atom stereocenters. The van der Waals surface area contributed by atoms with Gasteiger partial charge in [0, 0.05) is 74.2 Å². The number of methoxy groups -OCH3 is 3. The van der Waals surface area contributed by atoms with Crippen molar-refractivity contribution in [2.75, 3.05) is 83.5 Å². The van der Waals surface area contributed by atoms with Crippen LogP contribution in [0.3, 0.4) is 0 Å². The predicted molar refractivity (Wildman–Crippen MR) is 244 cm³/mol. The molecule has 6 aromatic rings. The highest BCUT2D eigenvalue weighted by Gasteiger charge is 2.31. The Balaban J connectivity index is 0.000000190. The van der Waals surface area contributed by atoms with Gasteiger partial charge in [-0.1, -0.05) is 29.8 Å². The van der Waals surface area contributed by atoms with E-state index in [9.17, 15) is 25.6 Å². The van der Waals surface area contributed by atoms with E-state index in [4.69, 9.17) is 24.2 Å². The molecule has 4 heterocycles. The van der Waals surface area contributed by atoms with Crippen molar-refractivity contribution in [2.24, 2.45) is 0 Å². The zero-order valence-electron chi connectivity index (χ0n) is 35.7. The quantitative estimate of drug-likeness (QED) is 0.126. The van der Waals surface area contributed by atoms with Gasteiger partial charge in [-0.3, -0.25) is 0 Å². The van der Waals surface area contributed by atoms with Gasteiger partial charge in [0.1, 0.15) is 11.6 Å². The highest BCUT2D eigenvalue weighted by Crippen LogP contribution is 2.42. The van der Waals surface area contributed by atoms with Crippen LogP contribution < -0.4 is 24.0 Å². The predicted octanol–water partition coefficient (Wildman–Crippen LogP) is 7.87. The Morgan fingerprint density at radius 3 is 1.41 bits per heavy atom. The monoisotopic (exact) mass is 938 g/mol. The summed E-state index contributed by atoms with van der Waals surface area (Å²) in [5.41, 5.74) is 7.34. The van der Waals surface area contributed by atoms with Crippen molar-refractivity contribution in [3.8, 4) is 39.8 Å². The van der Waals surface area contributed by atoms with Crippen molar-refractivity contribution in [1.29, 1.82) is 0 Å². The maximum absolute atomic E-state index is 13.5. The minimum atomic E-state index is -3.74. The number of rotatable bonds is 11. The molecule has 334 valence electrons. The number of nitrogens with zero attached hydrogens (tertiary/aromatic N) is 6. The van der Waals surface area contributed by atoms with Crippen LogP contribution in [0.1, 0.15) is 16.7 Å². The maximum atomic E-state index is 13.5. The van der Waals surface area contributed by atoms with Crippen LogP contribution in [0, 0.1) is 32.4 Å². The minimum Gasteiger partial charge on any atom is -0.493 e. The Bertz CT molecular complexity index is 2760. The third kappa shape index (κ3) is 9.98. The van der Waals surface area contributed by atoms with Crippen LogP contribution in [0.5, 0.6) is 17.2 Å². The minimum absolute atomic E-state index is 0.00203. The van der Waals surface area contributed by atoms with Gasteiger partial charge in [0.25, 0.3) is 0 Å². The number of hydrogen-bond donors (Lipinski definition) is 0. The fourth-order valence-electron chi connectivity index (χ4n) is 7.67. The third-order valence-electron chi connectivity index (χ3n) is 10.8. The molecule has 2 aliphatic heterocycles. The number of halogens is 2. The first-order valence-electron chi connectivity index (χ1n) is 19.9. The molecule has 0 bridgehead atoms. The highest BCUT2D eigenvalue weighted by atomic mass is 32.2. The lowest BCUT2D eigenvalue weighted by Gasteiger charge is -2.33. The summed E-state index contributed by atoms with van der Waals surface area (Å²) in [6, 6.07) is 18.3. The molecule has 63 heavy (non-hydrogen) atoms. The van der Waals surface area contributed by atoms with Gasteiger partial charge in [-0.2, -0.15) is 8.61 Å². The molecule has 19 heteroatoms. The van der Waals surface area contributed by atoms with Gasteiger partial charge in [0.15, 0.2) is 21.8 Å². The van der Waals surface area contributed by atoms with Crippen molar-refractivity contribution < 1.29 is 39.8 Å². The highest BCUT2D eigenvalue weighted by molar-refractivity contribution is 7.89. The zero-order valence-corrected chi connectivity index (χ0v) is 38.9. The lowest BCUT2D eigenvalue weighted by Crippen LogP contribution is -2.48. The number of aryl methyl sites for hydroxylation is 3. The number of thiazole rings is 2. The van der Waals surface area contributed by atoms with Crippen LogP contribution in [0.2, 0.25) is 0 Å². The Morgan fingerprint density at radius 2 is 1.00 bits per heavy atom. The zero-order chi connectivity index (χ0) is 45.1. The Kier molecular flexibility index (Phi) is 14.0. The molecule has 0 saturated carbocycles. The van der Waals surface area contributed by atoms with Gasteiger partial charge < -0.3 is 24.0 Å². The normalized spacial score (nSPS) is 15.2. The Morgan fingerprint density at radius 1 is 0.571 bits per heavy atom. The van der Waals surface area contributed by atoms with E-state index in [-0.39, 0.29) is 22.9 Å². The molecule has 0 spiro atoms. The van der Waals surface area contributed by atoms with Gasteiger partial charge in [0.05, 0.1) is 42.5 Å². The molecule has 2 aliphatic rings. The van der Waals surface area contributed by atoms with Crippen molar-refractivity contribution >= 4 is 53.0 Å². The fraction of sp³-hybridized carbons (Fsp3) is 0.318. The first kappa shape index (κ1) is 45.8. The molecule has 0 radical (unpaired) electrons. The summed E-state index contributed by atoms with van der Waals surface area (Å²) in [7, 11) is -2.76. The average Bonchev–Trinajstić information content (AvgIpc) is 3.97. The summed E-state index contributed by atoms with van der Waals surface area (Å²) in [6.45, 7) is 9.62. The first-order chi connectivity index (χ1) is 30.1. The van der Waals surface area contributed by atoms with Crippen LogP contribution in [0.25, 0.3) is 22.5 Å². The number of anilines is 2. The Labute approximate surface area is 375 Å². The van der Waals surface area contributed by atoms with Crippen LogP contribution in [0.4, 0.5) is 19.0 Å². The van der Waals surface area contributed by atoms with E-state index in [1.54, 1.807) is 32.7 Å². The second-order valence-corrected chi connectivity index (χ2v) is 20.5. The second-order valence-electron chi connectivity index (χ2n) is 14.9. The summed E-state index contributed by atoms with van der Waals surface area (Å²) in [5.74, 6) is 0.466. The van der Waals surface area contributed by atoms with Crippen molar-refractivity contribution in [1.82, 2.24) is 18.6 Å². The molecule has 0 aliphatic carbocycles. The summed E-state index contributed by atoms with van der Waals surface area (Å²) >= 11 is 3.06. The molecule has 0 unspecified atom stereocenters. The largest absolute Gasteiger partial charge is 0.493 e. The molecule has 2 aromatic heterocycles. The third-order valence-corrected chi connectivity index (χ3v) is 16.4. The Hall–Kier alpha value is -5.18. The van der Waals surface area contributed by atoms with Gasteiger partial charge in [-0.05, 0) is 80.4 Å². The average molecular weight is 939 g/mol. The van der Waals surface area contributed by atoms with Crippen LogP contribution >= 0.6 is 22.7 Å². The van der Waals surface area contributed by atoms with Gasteiger partial charge in [-0.25, -0.2) is 35.6 Å². The SMILES string of the molecule is COc1cc(-c2csc(N3CCN(S(=O)(=O)c4cccc(F)c4)CC3)n2)cc(OC)c1OC.Cc1cc(C)c(-c2csc(N3CCN(S(=O)(=O)c4cccc(F)c4)CC3)n2)c(C)c1.